The summed E-state index contributed by atoms with van der Waals surface area (Å²) >= 11 is 0. The largest absolute Gasteiger partial charge is 0.332 e. The van der Waals surface area contributed by atoms with E-state index in [-0.39, 0.29) is 23.1 Å². The highest BCUT2D eigenvalue weighted by molar-refractivity contribution is 6.05. The lowest BCUT2D eigenvalue weighted by molar-refractivity contribution is -0.166. The summed E-state index contributed by atoms with van der Waals surface area (Å²) in [5.41, 5.74) is -0.0854. The van der Waals surface area contributed by atoms with Crippen LogP contribution in [0.25, 0.3) is 0 Å². The third-order valence-corrected chi connectivity index (χ3v) is 3.23. The standard InChI is InChI=1S/C13H22N2O3/c1-8-11(17)14(6)10(7-13(3,4)5)12(18)15(8)9(2)16/h8,10H,7H2,1-6H3/t8-,10-/m0/s1. The first-order chi connectivity index (χ1) is 8.06. The summed E-state index contributed by atoms with van der Waals surface area (Å²) < 4.78 is 0. The van der Waals surface area contributed by atoms with E-state index < -0.39 is 12.1 Å². The Balaban J connectivity index is 3.07. The highest BCUT2D eigenvalue weighted by atomic mass is 16.2. The molecule has 5 nitrogen and oxygen atoms in total. The van der Waals surface area contributed by atoms with Crippen molar-refractivity contribution in [3.05, 3.63) is 0 Å². The minimum atomic E-state index is -0.698. The molecule has 0 bridgehead atoms. The molecule has 0 aromatic carbocycles. The molecule has 0 aromatic heterocycles. The van der Waals surface area contributed by atoms with Gasteiger partial charge >= 0.3 is 0 Å². The molecule has 2 atom stereocenters. The fourth-order valence-electron chi connectivity index (χ4n) is 2.31. The van der Waals surface area contributed by atoms with Crippen molar-refractivity contribution in [2.75, 3.05) is 7.05 Å². The van der Waals surface area contributed by atoms with Crippen LogP contribution in [0.2, 0.25) is 0 Å². The number of likely N-dealkylation sites (N-methyl/N-ethyl adjacent to an activating group) is 1. The first kappa shape index (κ1) is 14.7. The molecule has 0 saturated carbocycles. The lowest BCUT2D eigenvalue weighted by Gasteiger charge is -2.42. The molecule has 3 amide bonds. The molecule has 1 fully saturated rings. The summed E-state index contributed by atoms with van der Waals surface area (Å²) in [5, 5.41) is 0. The van der Waals surface area contributed by atoms with Gasteiger partial charge < -0.3 is 4.90 Å². The van der Waals surface area contributed by atoms with Gasteiger partial charge in [-0.3, -0.25) is 19.3 Å². The lowest BCUT2D eigenvalue weighted by atomic mass is 9.85. The predicted molar refractivity (Wildman–Crippen MR) is 67.6 cm³/mol. The Morgan fingerprint density at radius 1 is 1.22 bits per heavy atom. The summed E-state index contributed by atoms with van der Waals surface area (Å²) in [6, 6.07) is -1.24. The summed E-state index contributed by atoms with van der Waals surface area (Å²) in [4.78, 5) is 38.5. The highest BCUT2D eigenvalue weighted by Crippen LogP contribution is 2.28. The molecule has 1 aliphatic heterocycles. The molecular weight excluding hydrogens is 232 g/mol. The molecule has 0 radical (unpaired) electrons. The van der Waals surface area contributed by atoms with E-state index in [2.05, 4.69) is 0 Å². The Hall–Kier alpha value is -1.39. The Morgan fingerprint density at radius 2 is 1.72 bits per heavy atom. The van der Waals surface area contributed by atoms with Crippen molar-refractivity contribution in [3.63, 3.8) is 0 Å². The zero-order valence-electron chi connectivity index (χ0n) is 12.0. The second-order valence-corrected chi connectivity index (χ2v) is 6.13. The Bertz CT molecular complexity index is 384. The summed E-state index contributed by atoms with van der Waals surface area (Å²) in [5.74, 6) is -0.820. The van der Waals surface area contributed by atoms with Gasteiger partial charge in [-0.15, -0.1) is 0 Å². The fraction of sp³-hybridized carbons (Fsp3) is 0.769. The van der Waals surface area contributed by atoms with Gasteiger partial charge in [-0.2, -0.15) is 0 Å². The SMILES string of the molecule is CC(=O)N1C(=O)[C@H](CC(C)(C)C)N(C)C(=O)[C@@H]1C. The molecule has 0 spiro atoms. The minimum Gasteiger partial charge on any atom is -0.332 e. The van der Waals surface area contributed by atoms with E-state index in [0.29, 0.717) is 6.42 Å². The van der Waals surface area contributed by atoms with Crippen molar-refractivity contribution in [3.8, 4) is 0 Å². The van der Waals surface area contributed by atoms with Crippen molar-refractivity contribution in [1.82, 2.24) is 9.80 Å². The van der Waals surface area contributed by atoms with E-state index in [0.717, 1.165) is 4.90 Å². The normalized spacial score (nSPS) is 25.7. The molecule has 1 saturated heterocycles. The Morgan fingerprint density at radius 3 is 2.11 bits per heavy atom. The molecule has 0 aliphatic carbocycles. The number of nitrogens with zero attached hydrogens (tertiary/aromatic N) is 2. The maximum Gasteiger partial charge on any atom is 0.252 e. The summed E-state index contributed by atoms with van der Waals surface area (Å²) in [6.07, 6.45) is 0.546. The highest BCUT2D eigenvalue weighted by Gasteiger charge is 2.45. The smallest absolute Gasteiger partial charge is 0.252 e. The molecular formula is C13H22N2O3. The molecule has 1 heterocycles. The van der Waals surface area contributed by atoms with Crippen molar-refractivity contribution in [2.24, 2.45) is 5.41 Å². The number of amides is 3. The summed E-state index contributed by atoms with van der Waals surface area (Å²) in [6.45, 7) is 8.94. The van der Waals surface area contributed by atoms with Gasteiger partial charge in [0, 0.05) is 14.0 Å². The average molecular weight is 254 g/mol. The molecule has 102 valence electrons. The van der Waals surface area contributed by atoms with Gasteiger partial charge in [0.25, 0.3) is 5.91 Å². The Labute approximate surface area is 108 Å². The van der Waals surface area contributed by atoms with Gasteiger partial charge in [0.1, 0.15) is 12.1 Å². The zero-order valence-corrected chi connectivity index (χ0v) is 12.0. The Kier molecular flexibility index (Phi) is 3.84. The van der Waals surface area contributed by atoms with Gasteiger partial charge in [0.05, 0.1) is 0 Å². The lowest BCUT2D eigenvalue weighted by Crippen LogP contribution is -2.64. The number of imide groups is 1. The van der Waals surface area contributed by atoms with Gasteiger partial charge in [-0.05, 0) is 18.8 Å². The van der Waals surface area contributed by atoms with Crippen LogP contribution in [0.4, 0.5) is 0 Å². The van der Waals surface area contributed by atoms with Crippen LogP contribution >= 0.6 is 0 Å². The van der Waals surface area contributed by atoms with Crippen LogP contribution in [-0.4, -0.2) is 46.7 Å². The maximum atomic E-state index is 12.3. The molecule has 18 heavy (non-hydrogen) atoms. The number of hydrogen-bond acceptors (Lipinski definition) is 3. The zero-order chi connectivity index (χ0) is 14.2. The van der Waals surface area contributed by atoms with Gasteiger partial charge in [-0.25, -0.2) is 0 Å². The number of hydrogen-bond donors (Lipinski definition) is 0. The molecule has 5 heteroatoms. The first-order valence-electron chi connectivity index (χ1n) is 6.16. The monoisotopic (exact) mass is 254 g/mol. The second kappa shape index (κ2) is 4.71. The number of rotatable bonds is 1. The molecule has 0 N–H and O–H groups in total. The predicted octanol–water partition coefficient (Wildman–Crippen LogP) is 1.03. The van der Waals surface area contributed by atoms with Crippen LogP contribution in [0.1, 0.15) is 41.0 Å². The van der Waals surface area contributed by atoms with E-state index in [9.17, 15) is 14.4 Å². The number of piperazine rings is 1. The van der Waals surface area contributed by atoms with Crippen LogP contribution in [0.3, 0.4) is 0 Å². The van der Waals surface area contributed by atoms with Gasteiger partial charge in [0.15, 0.2) is 0 Å². The fourth-order valence-corrected chi connectivity index (χ4v) is 2.31. The molecule has 0 unspecified atom stereocenters. The van der Waals surface area contributed by atoms with E-state index in [1.54, 1.807) is 14.0 Å². The van der Waals surface area contributed by atoms with Crippen LogP contribution in [0.15, 0.2) is 0 Å². The number of carbonyl (C=O) groups excluding carboxylic acids is 3. The third kappa shape index (κ3) is 2.71. The number of carbonyl (C=O) groups is 3. The second-order valence-electron chi connectivity index (χ2n) is 6.13. The van der Waals surface area contributed by atoms with Crippen LogP contribution in [-0.2, 0) is 14.4 Å². The van der Waals surface area contributed by atoms with Gasteiger partial charge in [0.2, 0.25) is 11.8 Å². The third-order valence-electron chi connectivity index (χ3n) is 3.23. The average Bonchev–Trinajstić information content (AvgIpc) is 2.20. The van der Waals surface area contributed by atoms with Crippen molar-refractivity contribution < 1.29 is 14.4 Å². The molecule has 0 aromatic rings. The van der Waals surface area contributed by atoms with E-state index in [1.807, 2.05) is 20.8 Å². The van der Waals surface area contributed by atoms with Crippen molar-refractivity contribution in [2.45, 2.75) is 53.1 Å². The van der Waals surface area contributed by atoms with Crippen LogP contribution in [0, 0.1) is 5.41 Å². The van der Waals surface area contributed by atoms with Crippen molar-refractivity contribution >= 4 is 17.7 Å². The quantitative estimate of drug-likeness (QED) is 0.702. The maximum absolute atomic E-state index is 12.3. The van der Waals surface area contributed by atoms with Crippen LogP contribution < -0.4 is 0 Å². The van der Waals surface area contributed by atoms with E-state index in [4.69, 9.17) is 0 Å². The van der Waals surface area contributed by atoms with Gasteiger partial charge in [-0.1, -0.05) is 20.8 Å². The van der Waals surface area contributed by atoms with Crippen molar-refractivity contribution in [1.29, 1.82) is 0 Å². The van der Waals surface area contributed by atoms with Crippen LogP contribution in [0.5, 0.6) is 0 Å². The van der Waals surface area contributed by atoms with E-state index in [1.165, 1.54) is 11.8 Å². The molecule has 1 rings (SSSR count). The minimum absolute atomic E-state index is 0.0854. The molecule has 1 aliphatic rings. The topological polar surface area (TPSA) is 57.7 Å². The van der Waals surface area contributed by atoms with E-state index >= 15 is 0 Å². The summed E-state index contributed by atoms with van der Waals surface area (Å²) in [7, 11) is 1.63. The first-order valence-corrected chi connectivity index (χ1v) is 6.16.